The number of guanidine groups is 1. The van der Waals surface area contributed by atoms with E-state index in [2.05, 4.69) is 12.0 Å². The Labute approximate surface area is 157 Å². The Morgan fingerprint density at radius 2 is 2.11 bits per heavy atom. The summed E-state index contributed by atoms with van der Waals surface area (Å²) in [4.78, 5) is 26.6. The van der Waals surface area contributed by atoms with Crippen molar-refractivity contribution in [2.45, 2.75) is 20.8 Å². The number of hydrogen-bond acceptors (Lipinski definition) is 5. The highest BCUT2D eigenvalue weighted by molar-refractivity contribution is 5.96. The second-order valence-corrected chi connectivity index (χ2v) is 7.12. The maximum absolute atomic E-state index is 12.6. The van der Waals surface area contributed by atoms with Gasteiger partial charge in [-0.1, -0.05) is 13.0 Å². The fourth-order valence-electron chi connectivity index (χ4n) is 3.28. The van der Waals surface area contributed by atoms with Gasteiger partial charge in [0.05, 0.1) is 13.2 Å². The van der Waals surface area contributed by atoms with Crippen LogP contribution < -0.4 is 4.74 Å². The predicted octanol–water partition coefficient (Wildman–Crippen LogP) is 2.25. The normalized spacial score (nSPS) is 23.9. The van der Waals surface area contributed by atoms with Crippen LogP contribution >= 0.6 is 0 Å². The zero-order valence-electron chi connectivity index (χ0n) is 15.8. The maximum atomic E-state index is 12.6. The number of benzene rings is 1. The molecule has 2 aliphatic rings. The molecule has 2 fully saturated rings. The van der Waals surface area contributed by atoms with Crippen molar-refractivity contribution < 1.29 is 19.3 Å². The van der Waals surface area contributed by atoms with Crippen molar-refractivity contribution in [2.24, 2.45) is 16.9 Å². The minimum Gasteiger partial charge on any atom is -0.410 e. The van der Waals surface area contributed by atoms with Crippen molar-refractivity contribution >= 4 is 12.1 Å². The molecule has 0 N–H and O–H groups in total. The molecule has 1 aromatic carbocycles. The summed E-state index contributed by atoms with van der Waals surface area (Å²) >= 11 is 0. The minimum absolute atomic E-state index is 0.0212. The molecular formula is C18H24N4O5. The molecule has 3 rings (SSSR count). The first-order valence-electron chi connectivity index (χ1n) is 8.97. The van der Waals surface area contributed by atoms with Crippen LogP contribution in [0.15, 0.2) is 23.3 Å². The van der Waals surface area contributed by atoms with Crippen LogP contribution in [0.3, 0.4) is 0 Å². The molecule has 2 aliphatic heterocycles. The first-order valence-corrected chi connectivity index (χ1v) is 8.97. The summed E-state index contributed by atoms with van der Waals surface area (Å²) in [6, 6.07) is 5.33. The first-order chi connectivity index (χ1) is 12.8. The van der Waals surface area contributed by atoms with Crippen molar-refractivity contribution in [3.05, 3.63) is 39.4 Å². The number of hydrazone groups is 1. The molecular weight excluding hydrogens is 352 g/mol. The summed E-state index contributed by atoms with van der Waals surface area (Å²) in [5.74, 6) is 1.03. The van der Waals surface area contributed by atoms with Crippen LogP contribution in [0.4, 0.5) is 4.79 Å². The topological polar surface area (TPSA) is 97.5 Å². The quantitative estimate of drug-likeness (QED) is 0.590. The van der Waals surface area contributed by atoms with Crippen molar-refractivity contribution in [3.63, 3.8) is 0 Å². The SMILES string of the molecule is Cc1ccc(OC(=O)N2CCN(CC3COCC3C)C2=N[N+](=O)[O-])cc1C. The van der Waals surface area contributed by atoms with E-state index >= 15 is 0 Å². The Balaban J connectivity index is 1.74. The number of ether oxygens (including phenoxy) is 2. The van der Waals surface area contributed by atoms with E-state index in [1.807, 2.05) is 19.9 Å². The fourth-order valence-corrected chi connectivity index (χ4v) is 3.28. The summed E-state index contributed by atoms with van der Waals surface area (Å²) < 4.78 is 10.9. The molecule has 27 heavy (non-hydrogen) atoms. The van der Waals surface area contributed by atoms with Crippen molar-refractivity contribution in [1.82, 2.24) is 9.80 Å². The van der Waals surface area contributed by atoms with Crippen LogP contribution in [-0.4, -0.2) is 59.7 Å². The molecule has 1 aromatic rings. The molecule has 1 amide bonds. The summed E-state index contributed by atoms with van der Waals surface area (Å²) in [6.07, 6.45) is -0.669. The van der Waals surface area contributed by atoms with Gasteiger partial charge in [-0.15, -0.1) is 0 Å². The van der Waals surface area contributed by atoms with E-state index in [4.69, 9.17) is 9.47 Å². The molecule has 2 heterocycles. The highest BCUT2D eigenvalue weighted by atomic mass is 16.7. The maximum Gasteiger partial charge on any atom is 0.422 e. The lowest BCUT2D eigenvalue weighted by molar-refractivity contribution is -0.486. The first kappa shape index (κ1) is 19.1. The average molecular weight is 376 g/mol. The lowest BCUT2D eigenvalue weighted by atomic mass is 9.98. The van der Waals surface area contributed by atoms with Crippen LogP contribution in [0, 0.1) is 35.8 Å². The van der Waals surface area contributed by atoms with Crippen molar-refractivity contribution in [3.8, 4) is 5.75 Å². The smallest absolute Gasteiger partial charge is 0.410 e. The van der Waals surface area contributed by atoms with Crippen molar-refractivity contribution in [1.29, 1.82) is 0 Å². The van der Waals surface area contributed by atoms with Crippen molar-refractivity contribution in [2.75, 3.05) is 32.8 Å². The van der Waals surface area contributed by atoms with E-state index in [9.17, 15) is 14.9 Å². The average Bonchev–Trinajstić information content (AvgIpc) is 3.18. The number of carbonyl (C=O) groups excluding carboxylic acids is 1. The molecule has 2 saturated heterocycles. The van der Waals surface area contributed by atoms with Gasteiger partial charge < -0.3 is 14.4 Å². The van der Waals surface area contributed by atoms with Crippen LogP contribution in [-0.2, 0) is 4.74 Å². The van der Waals surface area contributed by atoms with E-state index in [0.29, 0.717) is 38.0 Å². The van der Waals surface area contributed by atoms with E-state index in [1.54, 1.807) is 17.0 Å². The second kappa shape index (κ2) is 7.91. The molecule has 0 saturated carbocycles. The van der Waals surface area contributed by atoms with Gasteiger partial charge in [0, 0.05) is 25.6 Å². The Morgan fingerprint density at radius 1 is 1.33 bits per heavy atom. The number of nitrogens with zero attached hydrogens (tertiary/aromatic N) is 4. The number of hydrogen-bond donors (Lipinski definition) is 0. The predicted molar refractivity (Wildman–Crippen MR) is 98.1 cm³/mol. The largest absolute Gasteiger partial charge is 0.422 e. The highest BCUT2D eigenvalue weighted by Gasteiger charge is 2.38. The molecule has 2 atom stereocenters. The standard InChI is InChI=1S/C18H24N4O5/c1-12-4-5-16(8-13(12)2)27-18(23)21-7-6-20(17(21)19-22(24)25)9-15-11-26-10-14(15)3/h4-5,8,14-15H,6-7,9-11H2,1-3H3. The molecule has 9 heteroatoms. The number of amides is 1. The second-order valence-electron chi connectivity index (χ2n) is 7.12. The van der Waals surface area contributed by atoms with Gasteiger partial charge in [0.15, 0.2) is 5.03 Å². The van der Waals surface area contributed by atoms with Gasteiger partial charge in [0.1, 0.15) is 10.9 Å². The summed E-state index contributed by atoms with van der Waals surface area (Å²) in [5.41, 5.74) is 2.09. The zero-order chi connectivity index (χ0) is 19.6. The van der Waals surface area contributed by atoms with Gasteiger partial charge in [-0.2, -0.15) is 0 Å². The van der Waals surface area contributed by atoms with Gasteiger partial charge in [0.25, 0.3) is 5.96 Å². The van der Waals surface area contributed by atoms with Crippen LogP contribution in [0.1, 0.15) is 18.1 Å². The summed E-state index contributed by atoms with van der Waals surface area (Å²) in [5, 5.41) is 13.7. The Hall–Kier alpha value is -2.68. The third-order valence-corrected chi connectivity index (χ3v) is 5.17. The van der Waals surface area contributed by atoms with Crippen LogP contribution in [0.25, 0.3) is 0 Å². The van der Waals surface area contributed by atoms with E-state index in [0.717, 1.165) is 11.1 Å². The van der Waals surface area contributed by atoms with E-state index in [1.165, 1.54) is 4.90 Å². The third kappa shape index (κ3) is 4.36. The molecule has 0 radical (unpaired) electrons. The fraction of sp³-hybridized carbons (Fsp3) is 0.556. The molecule has 146 valence electrons. The minimum atomic E-state index is -0.779. The van der Waals surface area contributed by atoms with Crippen LogP contribution in [0.5, 0.6) is 5.75 Å². The molecule has 0 aliphatic carbocycles. The summed E-state index contributed by atoms with van der Waals surface area (Å²) in [6.45, 7) is 8.58. The van der Waals surface area contributed by atoms with Gasteiger partial charge in [-0.25, -0.2) is 19.8 Å². The monoisotopic (exact) mass is 376 g/mol. The van der Waals surface area contributed by atoms with Gasteiger partial charge in [0.2, 0.25) is 0 Å². The van der Waals surface area contributed by atoms with Crippen LogP contribution in [0.2, 0.25) is 0 Å². The zero-order valence-corrected chi connectivity index (χ0v) is 15.8. The summed E-state index contributed by atoms with van der Waals surface area (Å²) in [7, 11) is 0. The number of aryl methyl sites for hydroxylation is 2. The Bertz CT molecular complexity index is 766. The lowest BCUT2D eigenvalue weighted by Gasteiger charge is -2.23. The third-order valence-electron chi connectivity index (χ3n) is 5.17. The molecule has 9 nitrogen and oxygen atoms in total. The van der Waals surface area contributed by atoms with Gasteiger partial charge >= 0.3 is 6.09 Å². The molecule has 0 bridgehead atoms. The number of rotatable bonds is 4. The molecule has 0 aromatic heterocycles. The van der Waals surface area contributed by atoms with Gasteiger partial charge in [-0.05, 0) is 43.0 Å². The van der Waals surface area contributed by atoms with Gasteiger partial charge in [-0.3, -0.25) is 0 Å². The Morgan fingerprint density at radius 3 is 2.74 bits per heavy atom. The molecule has 0 spiro atoms. The highest BCUT2D eigenvalue weighted by Crippen LogP contribution is 2.24. The lowest BCUT2D eigenvalue weighted by Crippen LogP contribution is -2.42. The van der Waals surface area contributed by atoms with E-state index in [-0.39, 0.29) is 18.4 Å². The number of carbonyl (C=O) groups is 1. The molecule has 2 unspecified atom stereocenters. The van der Waals surface area contributed by atoms with E-state index < -0.39 is 11.1 Å². The Kier molecular flexibility index (Phi) is 5.59. The number of nitro groups is 1.